The molecule has 0 spiro atoms. The summed E-state index contributed by atoms with van der Waals surface area (Å²) in [6.45, 7) is 5.59. The summed E-state index contributed by atoms with van der Waals surface area (Å²) in [4.78, 5) is 27.0. The van der Waals surface area contributed by atoms with E-state index in [-0.39, 0.29) is 11.8 Å². The Morgan fingerprint density at radius 3 is 2.25 bits per heavy atom. The molecule has 0 heterocycles. The lowest BCUT2D eigenvalue weighted by molar-refractivity contribution is -0.123. The molecule has 1 rings (SSSR count). The second-order valence-corrected chi connectivity index (χ2v) is 7.77. The lowest BCUT2D eigenvalue weighted by Crippen LogP contribution is -2.47. The van der Waals surface area contributed by atoms with Crippen LogP contribution in [0.5, 0.6) is 0 Å². The van der Waals surface area contributed by atoms with Crippen molar-refractivity contribution in [2.75, 3.05) is 27.2 Å². The minimum atomic E-state index is -0.488. The number of hydrogen-bond donors (Lipinski definition) is 2. The van der Waals surface area contributed by atoms with Crippen LogP contribution in [0.1, 0.15) is 74.7 Å². The summed E-state index contributed by atoms with van der Waals surface area (Å²) in [7, 11) is 3.93. The van der Waals surface area contributed by atoms with E-state index >= 15 is 0 Å². The van der Waals surface area contributed by atoms with Crippen molar-refractivity contribution in [2.24, 2.45) is 0 Å². The molecule has 0 aromatic heterocycles. The molecule has 2 amide bonds. The molecule has 28 heavy (non-hydrogen) atoms. The molecule has 158 valence electrons. The van der Waals surface area contributed by atoms with Crippen molar-refractivity contribution in [3.63, 3.8) is 0 Å². The Labute approximate surface area is 171 Å². The fourth-order valence-corrected chi connectivity index (χ4v) is 3.08. The van der Waals surface area contributed by atoms with Crippen molar-refractivity contribution < 1.29 is 9.59 Å². The van der Waals surface area contributed by atoms with Gasteiger partial charge in [0, 0.05) is 18.7 Å². The fraction of sp³-hybridized carbons (Fsp3) is 0.652. The molecule has 1 atom stereocenters. The second-order valence-electron chi connectivity index (χ2n) is 7.77. The first-order chi connectivity index (χ1) is 13.5. The van der Waals surface area contributed by atoms with Gasteiger partial charge in [0.25, 0.3) is 5.91 Å². The van der Waals surface area contributed by atoms with Gasteiger partial charge < -0.3 is 15.5 Å². The monoisotopic (exact) mass is 389 g/mol. The molecule has 0 aliphatic rings. The lowest BCUT2D eigenvalue weighted by Gasteiger charge is -2.19. The molecule has 0 fully saturated rings. The zero-order chi connectivity index (χ0) is 20.8. The molecule has 0 aliphatic carbocycles. The Morgan fingerprint density at radius 1 is 0.964 bits per heavy atom. The van der Waals surface area contributed by atoms with Gasteiger partial charge >= 0.3 is 0 Å². The van der Waals surface area contributed by atoms with Crippen LogP contribution in [0.2, 0.25) is 0 Å². The Bertz CT molecular complexity index is 570. The third kappa shape index (κ3) is 9.88. The number of aryl methyl sites for hydroxylation is 1. The Hall–Kier alpha value is -1.88. The maximum atomic E-state index is 12.6. The van der Waals surface area contributed by atoms with Gasteiger partial charge in [-0.1, -0.05) is 58.1 Å². The normalized spacial score (nSPS) is 12.0. The molecule has 0 radical (unpaired) electrons. The molecule has 5 heteroatoms. The molecule has 2 N–H and O–H groups in total. The first-order valence-electron chi connectivity index (χ1n) is 10.8. The van der Waals surface area contributed by atoms with Crippen molar-refractivity contribution in [1.29, 1.82) is 0 Å². The van der Waals surface area contributed by atoms with Crippen LogP contribution in [-0.4, -0.2) is 49.9 Å². The van der Waals surface area contributed by atoms with Crippen LogP contribution in [-0.2, 0) is 11.2 Å². The van der Waals surface area contributed by atoms with E-state index in [1.807, 2.05) is 50.2 Å². The van der Waals surface area contributed by atoms with Gasteiger partial charge in [0.05, 0.1) is 0 Å². The summed E-state index contributed by atoms with van der Waals surface area (Å²) in [6, 6.07) is 7.30. The highest BCUT2D eigenvalue weighted by atomic mass is 16.2. The smallest absolute Gasteiger partial charge is 0.251 e. The Balaban J connectivity index is 2.52. The quantitative estimate of drug-likeness (QED) is 0.476. The van der Waals surface area contributed by atoms with Gasteiger partial charge in [-0.15, -0.1) is 0 Å². The van der Waals surface area contributed by atoms with E-state index in [2.05, 4.69) is 17.6 Å². The summed E-state index contributed by atoms with van der Waals surface area (Å²) >= 11 is 0. The summed E-state index contributed by atoms with van der Waals surface area (Å²) < 4.78 is 0. The van der Waals surface area contributed by atoms with Crippen LogP contribution in [0.15, 0.2) is 24.3 Å². The number of rotatable bonds is 14. The van der Waals surface area contributed by atoms with Crippen molar-refractivity contribution in [3.8, 4) is 0 Å². The topological polar surface area (TPSA) is 61.4 Å². The van der Waals surface area contributed by atoms with Gasteiger partial charge in [0.1, 0.15) is 6.04 Å². The van der Waals surface area contributed by atoms with E-state index in [1.165, 1.54) is 37.7 Å². The molecular formula is C23H39N3O2. The van der Waals surface area contributed by atoms with Crippen LogP contribution < -0.4 is 10.6 Å². The van der Waals surface area contributed by atoms with Crippen molar-refractivity contribution in [2.45, 2.75) is 71.3 Å². The minimum Gasteiger partial charge on any atom is -0.353 e. The van der Waals surface area contributed by atoms with Gasteiger partial charge in [-0.2, -0.15) is 0 Å². The largest absolute Gasteiger partial charge is 0.353 e. The summed E-state index contributed by atoms with van der Waals surface area (Å²) in [5.41, 5.74) is 1.87. The second kappa shape index (κ2) is 14.2. The molecule has 1 aromatic carbocycles. The van der Waals surface area contributed by atoms with Crippen molar-refractivity contribution in [3.05, 3.63) is 35.4 Å². The summed E-state index contributed by atoms with van der Waals surface area (Å²) in [5, 5.41) is 5.80. The number of likely N-dealkylation sites (N-methyl/N-ethyl adjacent to an activating group) is 1. The van der Waals surface area contributed by atoms with Gasteiger partial charge in [-0.25, -0.2) is 0 Å². The predicted molar refractivity (Wildman–Crippen MR) is 117 cm³/mol. The predicted octanol–water partition coefficient (Wildman–Crippen LogP) is 3.78. The van der Waals surface area contributed by atoms with E-state index in [1.54, 1.807) is 0 Å². The SMILES string of the molecule is CCCCCCCc1ccc(C(=O)N[C@@H](CCC)C(=O)NCCN(C)C)cc1. The van der Waals surface area contributed by atoms with Crippen LogP contribution in [0.25, 0.3) is 0 Å². The molecule has 1 aromatic rings. The molecule has 0 aliphatic heterocycles. The zero-order valence-corrected chi connectivity index (χ0v) is 18.2. The van der Waals surface area contributed by atoms with Gasteiger partial charge in [-0.05, 0) is 51.1 Å². The van der Waals surface area contributed by atoms with Gasteiger partial charge in [0.2, 0.25) is 5.91 Å². The zero-order valence-electron chi connectivity index (χ0n) is 18.2. The molecule has 0 bridgehead atoms. The van der Waals surface area contributed by atoms with E-state index < -0.39 is 6.04 Å². The van der Waals surface area contributed by atoms with Crippen LogP contribution >= 0.6 is 0 Å². The van der Waals surface area contributed by atoms with E-state index in [4.69, 9.17) is 0 Å². The average Bonchev–Trinajstić information content (AvgIpc) is 2.67. The Kier molecular flexibility index (Phi) is 12.2. The number of benzene rings is 1. The number of carbonyl (C=O) groups excluding carboxylic acids is 2. The number of nitrogens with zero attached hydrogens (tertiary/aromatic N) is 1. The summed E-state index contributed by atoms with van der Waals surface area (Å²) in [5.74, 6) is -0.295. The highest BCUT2D eigenvalue weighted by Gasteiger charge is 2.20. The van der Waals surface area contributed by atoms with Crippen molar-refractivity contribution in [1.82, 2.24) is 15.5 Å². The molecule has 0 saturated heterocycles. The maximum absolute atomic E-state index is 12.6. The van der Waals surface area contributed by atoms with Crippen molar-refractivity contribution >= 4 is 11.8 Å². The lowest BCUT2D eigenvalue weighted by atomic mass is 10.0. The Morgan fingerprint density at radius 2 is 1.64 bits per heavy atom. The third-order valence-electron chi connectivity index (χ3n) is 4.84. The minimum absolute atomic E-state index is 0.110. The molecule has 5 nitrogen and oxygen atoms in total. The number of hydrogen-bond acceptors (Lipinski definition) is 3. The van der Waals surface area contributed by atoms with E-state index in [9.17, 15) is 9.59 Å². The highest BCUT2D eigenvalue weighted by molar-refractivity contribution is 5.97. The van der Waals surface area contributed by atoms with Crippen LogP contribution in [0, 0.1) is 0 Å². The number of unbranched alkanes of at least 4 members (excludes halogenated alkanes) is 4. The first kappa shape index (κ1) is 24.2. The highest BCUT2D eigenvalue weighted by Crippen LogP contribution is 2.11. The fourth-order valence-electron chi connectivity index (χ4n) is 3.08. The standard InChI is InChI=1S/C23H39N3O2/c1-5-7-8-9-10-12-19-13-15-20(16-14-19)22(27)25-21(11-6-2)23(28)24-17-18-26(3)4/h13-16,21H,5-12,17-18H2,1-4H3,(H,24,28)(H,25,27)/t21-/m0/s1. The molecular weight excluding hydrogens is 350 g/mol. The van der Waals surface area contributed by atoms with Gasteiger partial charge in [-0.3, -0.25) is 9.59 Å². The summed E-state index contributed by atoms with van der Waals surface area (Å²) in [6.07, 6.45) is 8.84. The number of carbonyl (C=O) groups is 2. The third-order valence-corrected chi connectivity index (χ3v) is 4.84. The van der Waals surface area contributed by atoms with E-state index in [0.29, 0.717) is 18.5 Å². The van der Waals surface area contributed by atoms with E-state index in [0.717, 1.165) is 19.4 Å². The molecule has 0 saturated carbocycles. The average molecular weight is 390 g/mol. The van der Waals surface area contributed by atoms with Crippen LogP contribution in [0.3, 0.4) is 0 Å². The first-order valence-corrected chi connectivity index (χ1v) is 10.8. The molecule has 0 unspecified atom stereocenters. The number of nitrogens with one attached hydrogen (secondary N) is 2. The van der Waals surface area contributed by atoms with Crippen LogP contribution in [0.4, 0.5) is 0 Å². The van der Waals surface area contributed by atoms with Gasteiger partial charge in [0.15, 0.2) is 0 Å². The maximum Gasteiger partial charge on any atom is 0.251 e. The number of amides is 2.